The molecule has 1 heterocycles. The Labute approximate surface area is 139 Å². The number of carbonyl (C=O) groups is 1. The number of hydrogen-bond acceptors (Lipinski definition) is 3. The Morgan fingerprint density at radius 1 is 1.55 bits per heavy atom. The number of piperazine rings is 1. The Hall–Kier alpha value is -0.230. The summed E-state index contributed by atoms with van der Waals surface area (Å²) in [5.41, 5.74) is 1.21. The first-order valence-electron chi connectivity index (χ1n) is 6.47. The maximum Gasteiger partial charge on any atom is 0.233 e. The van der Waals surface area contributed by atoms with Crippen molar-refractivity contribution < 1.29 is 4.79 Å². The molecular weight excluding hydrogens is 360 g/mol. The number of thioether (sulfide) groups is 1. The molecule has 0 aliphatic carbocycles. The molecule has 1 aromatic rings. The molecule has 1 aromatic carbocycles. The van der Waals surface area contributed by atoms with Crippen molar-refractivity contribution in [1.82, 2.24) is 10.2 Å². The minimum atomic E-state index is 0. The highest BCUT2D eigenvalue weighted by atomic mass is 79.9. The van der Waals surface area contributed by atoms with E-state index in [1.54, 1.807) is 11.8 Å². The number of benzene rings is 1. The van der Waals surface area contributed by atoms with Gasteiger partial charge in [0.2, 0.25) is 5.91 Å². The van der Waals surface area contributed by atoms with Gasteiger partial charge < -0.3 is 10.2 Å². The van der Waals surface area contributed by atoms with E-state index in [4.69, 9.17) is 0 Å². The smallest absolute Gasteiger partial charge is 0.233 e. The zero-order valence-corrected chi connectivity index (χ0v) is 14.9. The van der Waals surface area contributed by atoms with Crippen LogP contribution in [0.25, 0.3) is 0 Å². The Kier molecular flexibility index (Phi) is 7.37. The molecule has 112 valence electrons. The average molecular weight is 380 g/mol. The topological polar surface area (TPSA) is 32.3 Å². The predicted molar refractivity (Wildman–Crippen MR) is 90.9 cm³/mol. The molecule has 6 heteroatoms. The lowest BCUT2D eigenvalue weighted by atomic mass is 10.2. The Bertz CT molecular complexity index is 472. The third kappa shape index (κ3) is 4.65. The van der Waals surface area contributed by atoms with Crippen molar-refractivity contribution in [2.24, 2.45) is 0 Å². The maximum atomic E-state index is 12.2. The Balaban J connectivity index is 0.00000200. The summed E-state index contributed by atoms with van der Waals surface area (Å²) < 4.78 is 1.08. The number of rotatable bonds is 3. The molecule has 0 aromatic heterocycles. The summed E-state index contributed by atoms with van der Waals surface area (Å²) in [4.78, 5) is 15.4. The first kappa shape index (κ1) is 17.8. The first-order chi connectivity index (χ1) is 9.08. The lowest BCUT2D eigenvalue weighted by Gasteiger charge is -2.34. The number of hydrogen-bond donors (Lipinski definition) is 1. The number of amides is 1. The molecule has 1 amide bonds. The predicted octanol–water partition coefficient (Wildman–Crippen LogP) is 3.09. The summed E-state index contributed by atoms with van der Waals surface area (Å²) in [6.07, 6.45) is 0. The molecule has 1 fully saturated rings. The van der Waals surface area contributed by atoms with Crippen LogP contribution in [0.1, 0.15) is 12.5 Å². The molecule has 20 heavy (non-hydrogen) atoms. The SMILES string of the molecule is Cc1cc(Br)ccc1SCC(=O)N1CCNCC1C.Cl. The van der Waals surface area contributed by atoms with Gasteiger partial charge in [0.1, 0.15) is 0 Å². The lowest BCUT2D eigenvalue weighted by Crippen LogP contribution is -2.52. The zero-order chi connectivity index (χ0) is 13.8. The number of carbonyl (C=O) groups excluding carboxylic acids is 1. The van der Waals surface area contributed by atoms with Crippen LogP contribution in [0.15, 0.2) is 27.6 Å². The van der Waals surface area contributed by atoms with E-state index < -0.39 is 0 Å². The Morgan fingerprint density at radius 3 is 2.95 bits per heavy atom. The fourth-order valence-electron chi connectivity index (χ4n) is 2.21. The van der Waals surface area contributed by atoms with E-state index in [2.05, 4.69) is 47.2 Å². The van der Waals surface area contributed by atoms with Crippen molar-refractivity contribution in [3.63, 3.8) is 0 Å². The van der Waals surface area contributed by atoms with Crippen LogP contribution in [-0.4, -0.2) is 42.2 Å². The van der Waals surface area contributed by atoms with Crippen LogP contribution >= 0.6 is 40.1 Å². The van der Waals surface area contributed by atoms with Gasteiger partial charge >= 0.3 is 0 Å². The van der Waals surface area contributed by atoms with Gasteiger partial charge in [-0.05, 0) is 37.6 Å². The monoisotopic (exact) mass is 378 g/mol. The van der Waals surface area contributed by atoms with Crippen LogP contribution in [0.3, 0.4) is 0 Å². The molecular formula is C14H20BrClN2OS. The van der Waals surface area contributed by atoms with E-state index in [1.807, 2.05) is 11.0 Å². The molecule has 0 bridgehead atoms. The molecule has 1 aliphatic rings. The van der Waals surface area contributed by atoms with Gasteiger partial charge in [0.25, 0.3) is 0 Å². The second kappa shape index (κ2) is 8.27. The quantitative estimate of drug-likeness (QED) is 0.819. The number of nitrogens with zero attached hydrogens (tertiary/aromatic N) is 1. The minimum Gasteiger partial charge on any atom is -0.337 e. The van der Waals surface area contributed by atoms with Gasteiger partial charge in [0.05, 0.1) is 5.75 Å². The molecule has 1 atom stereocenters. The number of aryl methyl sites for hydroxylation is 1. The van der Waals surface area contributed by atoms with Crippen LogP contribution in [0.2, 0.25) is 0 Å². The van der Waals surface area contributed by atoms with Crippen molar-refractivity contribution in [3.05, 3.63) is 28.2 Å². The van der Waals surface area contributed by atoms with Crippen molar-refractivity contribution >= 4 is 46.0 Å². The van der Waals surface area contributed by atoms with Gasteiger partial charge in [-0.25, -0.2) is 0 Å². The molecule has 1 saturated heterocycles. The minimum absolute atomic E-state index is 0. The molecule has 1 N–H and O–H groups in total. The summed E-state index contributed by atoms with van der Waals surface area (Å²) in [6.45, 7) is 6.79. The van der Waals surface area contributed by atoms with Crippen LogP contribution < -0.4 is 5.32 Å². The molecule has 0 spiro atoms. The van der Waals surface area contributed by atoms with Gasteiger partial charge in [-0.2, -0.15) is 0 Å². The third-order valence-electron chi connectivity index (χ3n) is 3.31. The Morgan fingerprint density at radius 2 is 2.30 bits per heavy atom. The standard InChI is InChI=1S/C14H19BrN2OS.ClH/c1-10-7-12(15)3-4-13(10)19-9-14(18)17-6-5-16-8-11(17)2;/h3-4,7,11,16H,5-6,8-9H2,1-2H3;1H. The second-order valence-electron chi connectivity index (χ2n) is 4.84. The van der Waals surface area contributed by atoms with Crippen LogP contribution in [0.4, 0.5) is 0 Å². The van der Waals surface area contributed by atoms with E-state index in [0.29, 0.717) is 11.8 Å². The lowest BCUT2D eigenvalue weighted by molar-refractivity contribution is -0.131. The van der Waals surface area contributed by atoms with Crippen molar-refractivity contribution in [2.75, 3.05) is 25.4 Å². The van der Waals surface area contributed by atoms with Gasteiger partial charge in [-0.1, -0.05) is 15.9 Å². The van der Waals surface area contributed by atoms with E-state index in [-0.39, 0.29) is 18.3 Å². The first-order valence-corrected chi connectivity index (χ1v) is 8.25. The number of halogens is 2. The highest BCUT2D eigenvalue weighted by Gasteiger charge is 2.22. The van der Waals surface area contributed by atoms with Gasteiger partial charge in [0.15, 0.2) is 0 Å². The fourth-order valence-corrected chi connectivity index (χ4v) is 3.58. The molecule has 0 saturated carbocycles. The van der Waals surface area contributed by atoms with E-state index in [0.717, 1.165) is 24.1 Å². The highest BCUT2D eigenvalue weighted by molar-refractivity contribution is 9.10. The van der Waals surface area contributed by atoms with Crippen LogP contribution in [-0.2, 0) is 4.79 Å². The third-order valence-corrected chi connectivity index (χ3v) is 4.96. The fraction of sp³-hybridized carbons (Fsp3) is 0.500. The molecule has 1 aliphatic heterocycles. The van der Waals surface area contributed by atoms with E-state index in [9.17, 15) is 4.79 Å². The largest absolute Gasteiger partial charge is 0.337 e. The molecule has 3 nitrogen and oxygen atoms in total. The molecule has 2 rings (SSSR count). The van der Waals surface area contributed by atoms with Gasteiger partial charge in [-0.15, -0.1) is 24.2 Å². The molecule has 1 unspecified atom stereocenters. The van der Waals surface area contributed by atoms with Crippen molar-refractivity contribution in [1.29, 1.82) is 0 Å². The average Bonchev–Trinajstić information content (AvgIpc) is 2.38. The van der Waals surface area contributed by atoms with Gasteiger partial charge in [0, 0.05) is 35.0 Å². The van der Waals surface area contributed by atoms with Gasteiger partial charge in [-0.3, -0.25) is 4.79 Å². The van der Waals surface area contributed by atoms with Crippen LogP contribution in [0.5, 0.6) is 0 Å². The second-order valence-corrected chi connectivity index (χ2v) is 6.77. The summed E-state index contributed by atoms with van der Waals surface area (Å²) >= 11 is 5.08. The normalized spacial score (nSPS) is 18.6. The van der Waals surface area contributed by atoms with E-state index in [1.165, 1.54) is 10.5 Å². The zero-order valence-electron chi connectivity index (χ0n) is 11.7. The summed E-state index contributed by atoms with van der Waals surface area (Å²) in [5.74, 6) is 0.758. The van der Waals surface area contributed by atoms with Crippen molar-refractivity contribution in [3.8, 4) is 0 Å². The van der Waals surface area contributed by atoms with Crippen molar-refractivity contribution in [2.45, 2.75) is 24.8 Å². The number of nitrogens with one attached hydrogen (secondary N) is 1. The van der Waals surface area contributed by atoms with Crippen LogP contribution in [0, 0.1) is 6.92 Å². The molecule has 0 radical (unpaired) electrons. The maximum absolute atomic E-state index is 12.2. The summed E-state index contributed by atoms with van der Waals surface area (Å²) in [7, 11) is 0. The summed E-state index contributed by atoms with van der Waals surface area (Å²) in [6, 6.07) is 6.47. The highest BCUT2D eigenvalue weighted by Crippen LogP contribution is 2.25. The van der Waals surface area contributed by atoms with E-state index >= 15 is 0 Å². The summed E-state index contributed by atoms with van der Waals surface area (Å²) in [5, 5.41) is 3.30.